The second-order valence-corrected chi connectivity index (χ2v) is 8.50. The molecule has 0 bridgehead atoms. The molecule has 1 aromatic heterocycles. The fourth-order valence-corrected chi connectivity index (χ4v) is 4.89. The highest BCUT2D eigenvalue weighted by Crippen LogP contribution is 2.28. The van der Waals surface area contributed by atoms with Crippen LogP contribution in [0, 0.1) is 0 Å². The van der Waals surface area contributed by atoms with Crippen molar-refractivity contribution in [3.63, 3.8) is 0 Å². The van der Waals surface area contributed by atoms with Gasteiger partial charge in [0.2, 0.25) is 5.91 Å². The maximum atomic E-state index is 12.3. The molecule has 1 unspecified atom stereocenters. The van der Waals surface area contributed by atoms with Crippen molar-refractivity contribution in [1.82, 2.24) is 10.2 Å². The number of carbonyl (C=O) groups excluding carboxylic acids is 1. The quantitative estimate of drug-likeness (QED) is 0.652. The Labute approximate surface area is 163 Å². The van der Waals surface area contributed by atoms with Gasteiger partial charge in [0.1, 0.15) is 5.75 Å². The van der Waals surface area contributed by atoms with Crippen molar-refractivity contribution in [2.24, 2.45) is 0 Å². The van der Waals surface area contributed by atoms with Crippen LogP contribution in [0.1, 0.15) is 30.2 Å². The zero-order valence-electron chi connectivity index (χ0n) is 15.1. The van der Waals surface area contributed by atoms with Crippen LogP contribution in [0.2, 0.25) is 0 Å². The molecule has 140 valence electrons. The number of methoxy groups -OCH3 is 1. The Balaban J connectivity index is 1.43. The number of amides is 1. The van der Waals surface area contributed by atoms with Crippen molar-refractivity contribution in [3.05, 3.63) is 46.7 Å². The number of rotatable bonds is 9. The first-order valence-corrected chi connectivity index (χ1v) is 10.9. The molecule has 1 aliphatic heterocycles. The van der Waals surface area contributed by atoms with Crippen molar-refractivity contribution in [2.45, 2.75) is 30.2 Å². The second-order valence-electron chi connectivity index (χ2n) is 6.35. The van der Waals surface area contributed by atoms with Gasteiger partial charge in [0, 0.05) is 28.5 Å². The van der Waals surface area contributed by atoms with Crippen LogP contribution in [0.4, 0.5) is 0 Å². The Bertz CT molecular complexity index is 668. The number of hydrogen-bond donors (Lipinski definition) is 1. The molecule has 2 heterocycles. The van der Waals surface area contributed by atoms with Gasteiger partial charge in [-0.1, -0.05) is 6.07 Å². The zero-order chi connectivity index (χ0) is 18.2. The van der Waals surface area contributed by atoms with Crippen LogP contribution in [-0.2, 0) is 4.79 Å². The Kier molecular flexibility index (Phi) is 7.41. The third kappa shape index (κ3) is 5.50. The number of benzene rings is 1. The number of nitrogens with one attached hydrogen (secondary N) is 1. The van der Waals surface area contributed by atoms with Crippen molar-refractivity contribution in [3.8, 4) is 5.75 Å². The number of ether oxygens (including phenoxy) is 1. The topological polar surface area (TPSA) is 41.6 Å². The van der Waals surface area contributed by atoms with Gasteiger partial charge in [-0.2, -0.15) is 0 Å². The molecule has 26 heavy (non-hydrogen) atoms. The Hall–Kier alpha value is -1.50. The normalized spacial score (nSPS) is 15.7. The minimum atomic E-state index is 0.131. The van der Waals surface area contributed by atoms with Gasteiger partial charge in [0.25, 0.3) is 0 Å². The predicted octanol–water partition coefficient (Wildman–Crippen LogP) is 4.19. The van der Waals surface area contributed by atoms with Crippen LogP contribution < -0.4 is 10.1 Å². The van der Waals surface area contributed by atoms with Crippen LogP contribution in [0.15, 0.2) is 46.7 Å². The van der Waals surface area contributed by atoms with Crippen molar-refractivity contribution >= 4 is 29.0 Å². The summed E-state index contributed by atoms with van der Waals surface area (Å²) in [6.45, 7) is 2.96. The lowest BCUT2D eigenvalue weighted by Crippen LogP contribution is -2.36. The van der Waals surface area contributed by atoms with Crippen LogP contribution in [0.5, 0.6) is 5.75 Å². The lowest BCUT2D eigenvalue weighted by atomic mass is 10.2. The average Bonchev–Trinajstić information content (AvgIpc) is 3.37. The largest absolute Gasteiger partial charge is 0.497 e. The summed E-state index contributed by atoms with van der Waals surface area (Å²) in [7, 11) is 1.66. The number of thioether (sulfide) groups is 1. The fraction of sp³-hybridized carbons (Fsp3) is 0.450. The zero-order valence-corrected chi connectivity index (χ0v) is 16.8. The summed E-state index contributed by atoms with van der Waals surface area (Å²) in [5.41, 5.74) is 0. The van der Waals surface area contributed by atoms with Crippen molar-refractivity contribution in [2.75, 3.05) is 32.5 Å². The molecular formula is C20H26N2O2S2. The van der Waals surface area contributed by atoms with E-state index in [4.69, 9.17) is 4.74 Å². The molecule has 4 nitrogen and oxygen atoms in total. The highest BCUT2D eigenvalue weighted by atomic mass is 32.2. The van der Waals surface area contributed by atoms with Gasteiger partial charge >= 0.3 is 0 Å². The molecule has 1 fully saturated rings. The lowest BCUT2D eigenvalue weighted by Gasteiger charge is -2.26. The smallest absolute Gasteiger partial charge is 0.220 e. The molecule has 1 atom stereocenters. The SMILES string of the molecule is COc1ccc(SCCC(=O)NCC(c2cccs2)N2CCCC2)cc1. The summed E-state index contributed by atoms with van der Waals surface area (Å²) >= 11 is 3.48. The lowest BCUT2D eigenvalue weighted by molar-refractivity contribution is -0.120. The Morgan fingerprint density at radius 2 is 2.04 bits per heavy atom. The first-order valence-electron chi connectivity index (χ1n) is 9.07. The summed E-state index contributed by atoms with van der Waals surface area (Å²) < 4.78 is 5.16. The third-order valence-electron chi connectivity index (χ3n) is 4.60. The van der Waals surface area contributed by atoms with E-state index in [1.807, 2.05) is 24.3 Å². The number of likely N-dealkylation sites (tertiary alicyclic amines) is 1. The molecule has 3 rings (SSSR count). The van der Waals surface area contributed by atoms with Crippen molar-refractivity contribution in [1.29, 1.82) is 0 Å². The first kappa shape index (κ1) is 19.3. The van der Waals surface area contributed by atoms with Crippen LogP contribution in [-0.4, -0.2) is 43.3 Å². The molecular weight excluding hydrogens is 364 g/mol. The van der Waals surface area contributed by atoms with Gasteiger partial charge in [-0.25, -0.2) is 0 Å². The van der Waals surface area contributed by atoms with E-state index in [0.29, 0.717) is 19.0 Å². The first-order chi connectivity index (χ1) is 12.8. The van der Waals surface area contributed by atoms with E-state index >= 15 is 0 Å². The summed E-state index contributed by atoms with van der Waals surface area (Å²) in [5, 5.41) is 5.26. The van der Waals surface area contributed by atoms with Gasteiger partial charge in [-0.3, -0.25) is 9.69 Å². The molecule has 1 aromatic carbocycles. The van der Waals surface area contributed by atoms with Gasteiger partial charge < -0.3 is 10.1 Å². The number of thiophene rings is 1. The third-order valence-corrected chi connectivity index (χ3v) is 6.59. The average molecular weight is 391 g/mol. The molecule has 6 heteroatoms. The fourth-order valence-electron chi connectivity index (χ4n) is 3.18. The maximum Gasteiger partial charge on any atom is 0.220 e. The molecule has 0 saturated carbocycles. The Morgan fingerprint density at radius 1 is 1.27 bits per heavy atom. The molecule has 1 amide bonds. The van der Waals surface area contributed by atoms with Crippen molar-refractivity contribution < 1.29 is 9.53 Å². The standard InChI is InChI=1S/C20H26N2O2S2/c1-24-16-6-8-17(9-7-16)25-14-10-20(23)21-15-18(19-5-4-13-26-19)22-11-2-3-12-22/h4-9,13,18H,2-3,10-12,14-15H2,1H3,(H,21,23). The number of hydrogen-bond acceptors (Lipinski definition) is 5. The molecule has 1 saturated heterocycles. The van der Waals surface area contributed by atoms with Crippen LogP contribution in [0.3, 0.4) is 0 Å². The van der Waals surface area contributed by atoms with Gasteiger partial charge in [0.05, 0.1) is 13.2 Å². The minimum Gasteiger partial charge on any atom is -0.497 e. The van der Waals surface area contributed by atoms with E-state index in [1.165, 1.54) is 17.7 Å². The summed E-state index contributed by atoms with van der Waals surface area (Å²) in [6, 6.07) is 12.5. The van der Waals surface area contributed by atoms with Crippen LogP contribution >= 0.6 is 23.1 Å². The molecule has 1 N–H and O–H groups in total. The van der Waals surface area contributed by atoms with E-state index in [9.17, 15) is 4.79 Å². The highest BCUT2D eigenvalue weighted by molar-refractivity contribution is 7.99. The molecule has 1 aliphatic rings. The van der Waals surface area contributed by atoms with E-state index < -0.39 is 0 Å². The van der Waals surface area contributed by atoms with E-state index in [0.717, 1.165) is 29.5 Å². The van der Waals surface area contributed by atoms with E-state index in [2.05, 4.69) is 27.7 Å². The number of carbonyl (C=O) groups is 1. The molecule has 0 aliphatic carbocycles. The minimum absolute atomic E-state index is 0.131. The maximum absolute atomic E-state index is 12.3. The van der Waals surface area contributed by atoms with E-state index in [1.54, 1.807) is 30.2 Å². The van der Waals surface area contributed by atoms with Crippen LogP contribution in [0.25, 0.3) is 0 Å². The summed E-state index contributed by atoms with van der Waals surface area (Å²) in [4.78, 5) is 17.3. The van der Waals surface area contributed by atoms with Gasteiger partial charge in [-0.15, -0.1) is 23.1 Å². The molecule has 0 spiro atoms. The van der Waals surface area contributed by atoms with Gasteiger partial charge in [0.15, 0.2) is 0 Å². The molecule has 2 aromatic rings. The predicted molar refractivity (Wildman–Crippen MR) is 109 cm³/mol. The summed E-state index contributed by atoms with van der Waals surface area (Å²) in [5.74, 6) is 1.77. The second kappa shape index (κ2) is 10.00. The monoisotopic (exact) mass is 390 g/mol. The molecule has 0 radical (unpaired) electrons. The van der Waals surface area contributed by atoms with Gasteiger partial charge in [-0.05, 0) is 61.6 Å². The highest BCUT2D eigenvalue weighted by Gasteiger charge is 2.24. The number of nitrogens with zero attached hydrogens (tertiary/aromatic N) is 1. The Morgan fingerprint density at radius 3 is 2.69 bits per heavy atom. The summed E-state index contributed by atoms with van der Waals surface area (Å²) in [6.07, 6.45) is 3.05. The van der Waals surface area contributed by atoms with E-state index in [-0.39, 0.29) is 5.91 Å².